The zero-order valence-electron chi connectivity index (χ0n) is 11.6. The SMILES string of the molecule is Cc1c(C(=O)NCC(N)C2CC2)cnc2ccccc12. The van der Waals surface area contributed by atoms with Gasteiger partial charge in [0.25, 0.3) is 5.91 Å². The second-order valence-corrected chi connectivity index (χ2v) is 5.53. The number of pyridine rings is 1. The number of carbonyl (C=O) groups is 1. The molecule has 104 valence electrons. The topological polar surface area (TPSA) is 68.0 Å². The Kier molecular flexibility index (Phi) is 3.40. The van der Waals surface area contributed by atoms with Crippen LogP contribution in [0.25, 0.3) is 10.9 Å². The van der Waals surface area contributed by atoms with Gasteiger partial charge in [-0.25, -0.2) is 0 Å². The molecule has 4 nitrogen and oxygen atoms in total. The first-order valence-electron chi connectivity index (χ1n) is 7.05. The lowest BCUT2D eigenvalue weighted by Crippen LogP contribution is -2.38. The number of aromatic nitrogens is 1. The van der Waals surface area contributed by atoms with Crippen molar-refractivity contribution < 1.29 is 4.79 Å². The number of benzene rings is 1. The first kappa shape index (κ1) is 13.1. The molecular weight excluding hydrogens is 250 g/mol. The molecule has 0 spiro atoms. The van der Waals surface area contributed by atoms with Gasteiger partial charge in [0.2, 0.25) is 0 Å². The van der Waals surface area contributed by atoms with Crippen LogP contribution in [-0.4, -0.2) is 23.5 Å². The number of hydrogen-bond donors (Lipinski definition) is 2. The van der Waals surface area contributed by atoms with Crippen molar-refractivity contribution in [2.75, 3.05) is 6.54 Å². The maximum absolute atomic E-state index is 12.2. The summed E-state index contributed by atoms with van der Waals surface area (Å²) >= 11 is 0. The Balaban J connectivity index is 1.78. The second kappa shape index (κ2) is 5.21. The molecule has 3 N–H and O–H groups in total. The van der Waals surface area contributed by atoms with Gasteiger partial charge in [-0.3, -0.25) is 9.78 Å². The summed E-state index contributed by atoms with van der Waals surface area (Å²) in [6.07, 6.45) is 4.02. The third-order valence-corrected chi connectivity index (χ3v) is 4.02. The van der Waals surface area contributed by atoms with Crippen LogP contribution in [0.2, 0.25) is 0 Å². The number of amides is 1. The van der Waals surface area contributed by atoms with Gasteiger partial charge in [0.1, 0.15) is 0 Å². The number of nitrogens with one attached hydrogen (secondary N) is 1. The highest BCUT2D eigenvalue weighted by molar-refractivity contribution is 5.99. The van der Waals surface area contributed by atoms with Gasteiger partial charge < -0.3 is 11.1 Å². The molecule has 1 heterocycles. The van der Waals surface area contributed by atoms with Crippen molar-refractivity contribution in [2.45, 2.75) is 25.8 Å². The van der Waals surface area contributed by atoms with Gasteiger partial charge in [-0.1, -0.05) is 18.2 Å². The Morgan fingerprint density at radius 3 is 2.95 bits per heavy atom. The number of rotatable bonds is 4. The van der Waals surface area contributed by atoms with E-state index in [-0.39, 0.29) is 11.9 Å². The number of hydrogen-bond acceptors (Lipinski definition) is 3. The molecule has 0 bridgehead atoms. The number of aryl methyl sites for hydroxylation is 1. The fourth-order valence-electron chi connectivity index (χ4n) is 2.51. The van der Waals surface area contributed by atoms with Gasteiger partial charge in [-0.2, -0.15) is 0 Å². The molecule has 1 aromatic heterocycles. The largest absolute Gasteiger partial charge is 0.350 e. The first-order chi connectivity index (χ1) is 9.66. The van der Waals surface area contributed by atoms with Crippen LogP contribution in [0, 0.1) is 12.8 Å². The predicted molar refractivity (Wildman–Crippen MR) is 79.5 cm³/mol. The van der Waals surface area contributed by atoms with Gasteiger partial charge in [0.15, 0.2) is 0 Å². The zero-order chi connectivity index (χ0) is 14.1. The fraction of sp³-hybridized carbons (Fsp3) is 0.375. The maximum atomic E-state index is 12.2. The van der Waals surface area contributed by atoms with Gasteiger partial charge >= 0.3 is 0 Å². The van der Waals surface area contributed by atoms with E-state index in [9.17, 15) is 4.79 Å². The number of para-hydroxylation sites is 1. The summed E-state index contributed by atoms with van der Waals surface area (Å²) in [5.74, 6) is 0.503. The van der Waals surface area contributed by atoms with Crippen LogP contribution in [-0.2, 0) is 0 Å². The number of fused-ring (bicyclic) bond motifs is 1. The van der Waals surface area contributed by atoms with Gasteiger partial charge in [0.05, 0.1) is 11.1 Å². The standard InChI is InChI=1S/C16H19N3O/c1-10-12-4-2-3-5-15(12)18-8-13(10)16(20)19-9-14(17)11-6-7-11/h2-5,8,11,14H,6-7,9,17H2,1H3,(H,19,20). The molecule has 0 aliphatic heterocycles. The highest BCUT2D eigenvalue weighted by atomic mass is 16.1. The van der Waals surface area contributed by atoms with Crippen molar-refractivity contribution in [3.8, 4) is 0 Å². The lowest BCUT2D eigenvalue weighted by atomic mass is 10.0. The molecule has 4 heteroatoms. The van der Waals surface area contributed by atoms with Crippen LogP contribution in [0.3, 0.4) is 0 Å². The van der Waals surface area contributed by atoms with E-state index in [0.29, 0.717) is 18.0 Å². The van der Waals surface area contributed by atoms with Crippen LogP contribution < -0.4 is 11.1 Å². The molecule has 20 heavy (non-hydrogen) atoms. The first-order valence-corrected chi connectivity index (χ1v) is 7.05. The quantitative estimate of drug-likeness (QED) is 0.892. The molecule has 1 aliphatic rings. The third kappa shape index (κ3) is 2.51. The average molecular weight is 269 g/mol. The zero-order valence-corrected chi connectivity index (χ0v) is 11.6. The maximum Gasteiger partial charge on any atom is 0.253 e. The normalized spacial score (nSPS) is 16.1. The molecule has 1 aromatic carbocycles. The molecule has 3 rings (SSSR count). The Bertz CT molecular complexity index is 649. The monoisotopic (exact) mass is 269 g/mol. The Hall–Kier alpha value is -1.94. The lowest BCUT2D eigenvalue weighted by molar-refractivity contribution is 0.0949. The predicted octanol–water partition coefficient (Wildman–Crippen LogP) is 2.01. The Labute approximate surface area is 118 Å². The Morgan fingerprint density at radius 1 is 1.45 bits per heavy atom. The number of nitrogens with zero attached hydrogens (tertiary/aromatic N) is 1. The minimum Gasteiger partial charge on any atom is -0.350 e. The van der Waals surface area contributed by atoms with E-state index in [0.717, 1.165) is 16.5 Å². The van der Waals surface area contributed by atoms with Crippen molar-refractivity contribution in [1.82, 2.24) is 10.3 Å². The van der Waals surface area contributed by atoms with E-state index >= 15 is 0 Å². The molecule has 1 atom stereocenters. The molecule has 1 unspecified atom stereocenters. The average Bonchev–Trinajstić information content (AvgIpc) is 3.30. The van der Waals surface area contributed by atoms with Crippen molar-refractivity contribution >= 4 is 16.8 Å². The van der Waals surface area contributed by atoms with Crippen LogP contribution in [0.1, 0.15) is 28.8 Å². The lowest BCUT2D eigenvalue weighted by Gasteiger charge is -2.13. The van der Waals surface area contributed by atoms with E-state index in [1.54, 1.807) is 6.20 Å². The molecule has 1 amide bonds. The molecular formula is C16H19N3O. The minimum atomic E-state index is -0.0862. The number of nitrogens with two attached hydrogens (primary N) is 1. The van der Waals surface area contributed by atoms with E-state index < -0.39 is 0 Å². The van der Waals surface area contributed by atoms with E-state index in [1.165, 1.54) is 12.8 Å². The van der Waals surface area contributed by atoms with E-state index in [4.69, 9.17) is 5.73 Å². The van der Waals surface area contributed by atoms with Crippen molar-refractivity contribution in [1.29, 1.82) is 0 Å². The van der Waals surface area contributed by atoms with Gasteiger partial charge in [-0.15, -0.1) is 0 Å². The highest BCUT2D eigenvalue weighted by Crippen LogP contribution is 2.31. The molecule has 2 aromatic rings. The molecule has 1 fully saturated rings. The second-order valence-electron chi connectivity index (χ2n) is 5.53. The van der Waals surface area contributed by atoms with Crippen molar-refractivity contribution in [2.24, 2.45) is 11.7 Å². The van der Waals surface area contributed by atoms with Crippen LogP contribution in [0.5, 0.6) is 0 Å². The third-order valence-electron chi connectivity index (χ3n) is 4.02. The van der Waals surface area contributed by atoms with Crippen LogP contribution in [0.4, 0.5) is 0 Å². The summed E-state index contributed by atoms with van der Waals surface area (Å²) in [4.78, 5) is 16.6. The summed E-state index contributed by atoms with van der Waals surface area (Å²) in [5.41, 5.74) is 8.51. The van der Waals surface area contributed by atoms with Crippen molar-refractivity contribution in [3.63, 3.8) is 0 Å². The summed E-state index contributed by atoms with van der Waals surface area (Å²) in [7, 11) is 0. The Morgan fingerprint density at radius 2 is 2.20 bits per heavy atom. The summed E-state index contributed by atoms with van der Waals surface area (Å²) < 4.78 is 0. The van der Waals surface area contributed by atoms with E-state index in [2.05, 4.69) is 10.3 Å². The highest BCUT2D eigenvalue weighted by Gasteiger charge is 2.28. The molecule has 1 saturated carbocycles. The van der Waals surface area contributed by atoms with Gasteiger partial charge in [-0.05, 0) is 37.3 Å². The van der Waals surface area contributed by atoms with Crippen molar-refractivity contribution in [3.05, 3.63) is 41.6 Å². The smallest absolute Gasteiger partial charge is 0.253 e. The molecule has 0 saturated heterocycles. The summed E-state index contributed by atoms with van der Waals surface area (Å²) in [5, 5.41) is 3.94. The van der Waals surface area contributed by atoms with Crippen LogP contribution >= 0.6 is 0 Å². The van der Waals surface area contributed by atoms with E-state index in [1.807, 2.05) is 31.2 Å². The minimum absolute atomic E-state index is 0.0765. The summed E-state index contributed by atoms with van der Waals surface area (Å²) in [6, 6.07) is 7.93. The summed E-state index contributed by atoms with van der Waals surface area (Å²) in [6.45, 7) is 2.50. The molecule has 0 radical (unpaired) electrons. The fourth-order valence-corrected chi connectivity index (χ4v) is 2.51. The molecule has 1 aliphatic carbocycles. The van der Waals surface area contributed by atoms with Gasteiger partial charge in [0, 0.05) is 24.2 Å². The number of carbonyl (C=O) groups excluding carboxylic acids is 1. The van der Waals surface area contributed by atoms with Crippen LogP contribution in [0.15, 0.2) is 30.5 Å².